The Balaban J connectivity index is 1.79. The van der Waals surface area contributed by atoms with Crippen LogP contribution in [0.5, 0.6) is 5.75 Å². The van der Waals surface area contributed by atoms with E-state index in [1.54, 1.807) is 23.5 Å². The van der Waals surface area contributed by atoms with Crippen molar-refractivity contribution in [1.82, 2.24) is 15.6 Å². The van der Waals surface area contributed by atoms with E-state index in [0.717, 1.165) is 16.3 Å². The van der Waals surface area contributed by atoms with Gasteiger partial charge in [0.1, 0.15) is 10.8 Å². The van der Waals surface area contributed by atoms with Gasteiger partial charge in [-0.3, -0.25) is 10.1 Å². The predicted octanol–water partition coefficient (Wildman–Crippen LogP) is 2.98. The van der Waals surface area contributed by atoms with Crippen molar-refractivity contribution in [1.29, 1.82) is 0 Å². The number of imide groups is 1. The second-order valence-electron chi connectivity index (χ2n) is 5.76. The van der Waals surface area contributed by atoms with Crippen molar-refractivity contribution in [2.24, 2.45) is 5.92 Å². The Morgan fingerprint density at radius 1 is 1.25 bits per heavy atom. The third-order valence-corrected chi connectivity index (χ3v) is 4.02. The number of hydrogen-bond donors (Lipinski definition) is 2. The molecule has 2 N–H and O–H groups in total. The number of rotatable bonds is 6. The van der Waals surface area contributed by atoms with Crippen LogP contribution < -0.4 is 15.4 Å². The number of ether oxygens (including phenoxy) is 1. The smallest absolute Gasteiger partial charge is 0.321 e. The van der Waals surface area contributed by atoms with E-state index in [1.807, 2.05) is 38.3 Å². The van der Waals surface area contributed by atoms with Crippen LogP contribution in [0, 0.1) is 12.8 Å². The van der Waals surface area contributed by atoms with Crippen molar-refractivity contribution in [3.05, 3.63) is 35.3 Å². The summed E-state index contributed by atoms with van der Waals surface area (Å²) in [5.74, 6) is 0.392. The van der Waals surface area contributed by atoms with Gasteiger partial charge in [-0.25, -0.2) is 9.78 Å². The van der Waals surface area contributed by atoms with E-state index >= 15 is 0 Å². The van der Waals surface area contributed by atoms with Gasteiger partial charge < -0.3 is 10.1 Å². The minimum atomic E-state index is -0.508. The Hall–Kier alpha value is -2.41. The zero-order chi connectivity index (χ0) is 17.5. The number of aryl methyl sites for hydroxylation is 1. The number of amides is 3. The topological polar surface area (TPSA) is 80.3 Å². The highest BCUT2D eigenvalue weighted by molar-refractivity contribution is 7.13. The number of aromatic nitrogens is 1. The van der Waals surface area contributed by atoms with Crippen molar-refractivity contribution in [2.75, 3.05) is 13.2 Å². The fraction of sp³-hybridized carbons (Fsp3) is 0.353. The molecule has 128 valence electrons. The Bertz CT molecular complexity index is 695. The molecule has 2 rings (SSSR count). The molecule has 1 aromatic heterocycles. The normalized spacial score (nSPS) is 10.5. The summed E-state index contributed by atoms with van der Waals surface area (Å²) in [7, 11) is 0. The SMILES string of the molecule is Cc1csc(-c2ccc(OCC(=O)NC(=O)NCC(C)C)cc2)n1. The standard InChI is InChI=1S/C17H21N3O3S/c1-11(2)8-18-17(22)20-15(21)9-23-14-6-4-13(5-7-14)16-19-12(3)10-24-16/h4-7,10-11H,8-9H2,1-3H3,(H2,18,20,21,22). The first kappa shape index (κ1) is 17.9. The van der Waals surface area contributed by atoms with E-state index in [2.05, 4.69) is 15.6 Å². The van der Waals surface area contributed by atoms with Crippen molar-refractivity contribution in [3.8, 4) is 16.3 Å². The largest absolute Gasteiger partial charge is 0.484 e. The van der Waals surface area contributed by atoms with Crippen LogP contribution in [0.25, 0.3) is 10.6 Å². The van der Waals surface area contributed by atoms with E-state index in [0.29, 0.717) is 18.2 Å². The molecule has 1 heterocycles. The Labute approximate surface area is 145 Å². The summed E-state index contributed by atoms with van der Waals surface area (Å²) >= 11 is 1.58. The summed E-state index contributed by atoms with van der Waals surface area (Å²) in [5, 5.41) is 7.77. The zero-order valence-electron chi connectivity index (χ0n) is 14.0. The average molecular weight is 347 g/mol. The molecular weight excluding hydrogens is 326 g/mol. The molecule has 0 aliphatic carbocycles. The molecule has 0 saturated heterocycles. The summed E-state index contributed by atoms with van der Waals surface area (Å²) < 4.78 is 5.38. The molecule has 7 heteroatoms. The first-order valence-electron chi connectivity index (χ1n) is 7.67. The summed E-state index contributed by atoms with van der Waals surface area (Å²) in [6, 6.07) is 6.82. The highest BCUT2D eigenvalue weighted by atomic mass is 32.1. The van der Waals surface area contributed by atoms with Crippen molar-refractivity contribution in [3.63, 3.8) is 0 Å². The van der Waals surface area contributed by atoms with Crippen molar-refractivity contribution < 1.29 is 14.3 Å². The minimum Gasteiger partial charge on any atom is -0.484 e. The minimum absolute atomic E-state index is 0.217. The molecule has 0 atom stereocenters. The van der Waals surface area contributed by atoms with Gasteiger partial charge in [0.05, 0.1) is 0 Å². The first-order chi connectivity index (χ1) is 11.4. The predicted molar refractivity (Wildman–Crippen MR) is 94.2 cm³/mol. The van der Waals surface area contributed by atoms with Gasteiger partial charge in [0, 0.05) is 23.2 Å². The van der Waals surface area contributed by atoms with E-state index in [1.165, 1.54) is 0 Å². The maximum absolute atomic E-state index is 11.7. The lowest BCUT2D eigenvalue weighted by Crippen LogP contribution is -2.42. The summed E-state index contributed by atoms with van der Waals surface area (Å²) in [6.45, 7) is 6.19. The molecule has 0 radical (unpaired) electrons. The van der Waals surface area contributed by atoms with E-state index in [9.17, 15) is 9.59 Å². The van der Waals surface area contributed by atoms with Gasteiger partial charge in [-0.1, -0.05) is 13.8 Å². The van der Waals surface area contributed by atoms with Crippen LogP contribution in [-0.4, -0.2) is 30.1 Å². The van der Waals surface area contributed by atoms with E-state index in [4.69, 9.17) is 4.74 Å². The van der Waals surface area contributed by atoms with Crippen LogP contribution in [-0.2, 0) is 4.79 Å². The second kappa shape index (κ2) is 8.44. The Kier molecular flexibility index (Phi) is 6.31. The Morgan fingerprint density at radius 3 is 2.54 bits per heavy atom. The number of carbonyl (C=O) groups is 2. The average Bonchev–Trinajstić information content (AvgIpc) is 2.98. The van der Waals surface area contributed by atoms with Gasteiger partial charge in [-0.05, 0) is 37.1 Å². The quantitative estimate of drug-likeness (QED) is 0.842. The number of carbonyl (C=O) groups excluding carboxylic acids is 2. The number of nitrogens with zero attached hydrogens (tertiary/aromatic N) is 1. The van der Waals surface area contributed by atoms with Crippen molar-refractivity contribution >= 4 is 23.3 Å². The third-order valence-electron chi connectivity index (χ3n) is 3.01. The summed E-state index contributed by atoms with van der Waals surface area (Å²) in [6.07, 6.45) is 0. The van der Waals surface area contributed by atoms with Gasteiger partial charge in [0.25, 0.3) is 5.91 Å². The maximum atomic E-state index is 11.7. The van der Waals surface area contributed by atoms with Crippen LogP contribution in [0.3, 0.4) is 0 Å². The highest BCUT2D eigenvalue weighted by Crippen LogP contribution is 2.25. The molecular formula is C17H21N3O3S. The van der Waals surface area contributed by atoms with Crippen LogP contribution >= 0.6 is 11.3 Å². The fourth-order valence-corrected chi connectivity index (χ4v) is 2.64. The molecule has 0 unspecified atom stereocenters. The molecule has 24 heavy (non-hydrogen) atoms. The molecule has 0 aliphatic rings. The van der Waals surface area contributed by atoms with Crippen LogP contribution in [0.15, 0.2) is 29.6 Å². The fourth-order valence-electron chi connectivity index (χ4n) is 1.83. The molecule has 0 bridgehead atoms. The van der Waals surface area contributed by atoms with Crippen molar-refractivity contribution in [2.45, 2.75) is 20.8 Å². The highest BCUT2D eigenvalue weighted by Gasteiger charge is 2.09. The molecule has 2 aromatic rings. The lowest BCUT2D eigenvalue weighted by molar-refractivity contribution is -0.122. The van der Waals surface area contributed by atoms with Crippen LogP contribution in [0.1, 0.15) is 19.5 Å². The van der Waals surface area contributed by atoms with Crippen LogP contribution in [0.4, 0.5) is 4.79 Å². The van der Waals surface area contributed by atoms with Gasteiger partial charge >= 0.3 is 6.03 Å². The number of thiazole rings is 1. The molecule has 0 aliphatic heterocycles. The van der Waals surface area contributed by atoms with Gasteiger partial charge in [0.2, 0.25) is 0 Å². The lowest BCUT2D eigenvalue weighted by atomic mass is 10.2. The number of urea groups is 1. The molecule has 0 spiro atoms. The molecule has 3 amide bonds. The molecule has 0 fully saturated rings. The number of hydrogen-bond acceptors (Lipinski definition) is 5. The lowest BCUT2D eigenvalue weighted by Gasteiger charge is -2.09. The third kappa shape index (κ3) is 5.66. The van der Waals surface area contributed by atoms with E-state index < -0.39 is 11.9 Å². The summed E-state index contributed by atoms with van der Waals surface area (Å²) in [5.41, 5.74) is 1.99. The van der Waals surface area contributed by atoms with Gasteiger partial charge in [0.15, 0.2) is 6.61 Å². The molecule has 6 nitrogen and oxygen atoms in total. The summed E-state index contributed by atoms with van der Waals surface area (Å²) in [4.78, 5) is 27.5. The first-order valence-corrected chi connectivity index (χ1v) is 8.55. The second-order valence-corrected chi connectivity index (χ2v) is 6.62. The van der Waals surface area contributed by atoms with Gasteiger partial charge in [-0.2, -0.15) is 0 Å². The molecule has 0 saturated carbocycles. The Morgan fingerprint density at radius 2 is 1.96 bits per heavy atom. The number of nitrogens with one attached hydrogen (secondary N) is 2. The zero-order valence-corrected chi connectivity index (χ0v) is 14.8. The van der Waals surface area contributed by atoms with Gasteiger partial charge in [-0.15, -0.1) is 11.3 Å². The molecule has 1 aromatic carbocycles. The van der Waals surface area contributed by atoms with E-state index in [-0.39, 0.29) is 6.61 Å². The number of benzene rings is 1. The monoisotopic (exact) mass is 347 g/mol. The maximum Gasteiger partial charge on any atom is 0.321 e. The van der Waals surface area contributed by atoms with Crippen LogP contribution in [0.2, 0.25) is 0 Å².